The maximum absolute atomic E-state index is 5.95. The van der Waals surface area contributed by atoms with Crippen LogP contribution in [0, 0.1) is 6.92 Å². The monoisotopic (exact) mass is 259 g/mol. The number of hydrogen-bond donors (Lipinski definition) is 1. The van der Waals surface area contributed by atoms with Gasteiger partial charge in [0.1, 0.15) is 11.3 Å². The summed E-state index contributed by atoms with van der Waals surface area (Å²) in [4.78, 5) is 0. The lowest BCUT2D eigenvalue weighted by Gasteiger charge is -2.18. The molecule has 104 valence electrons. The van der Waals surface area contributed by atoms with E-state index >= 15 is 0 Å². The smallest absolute Gasteiger partial charge is 0.134 e. The fraction of sp³-hybridized carbons (Fsp3) is 0.529. The number of hydrogen-bond acceptors (Lipinski definition) is 2. The van der Waals surface area contributed by atoms with Crippen LogP contribution in [0.3, 0.4) is 0 Å². The third-order valence-electron chi connectivity index (χ3n) is 3.57. The molecule has 0 aliphatic carbocycles. The van der Waals surface area contributed by atoms with Gasteiger partial charge in [-0.1, -0.05) is 40.7 Å². The zero-order chi connectivity index (χ0) is 14.2. The first-order valence-corrected chi connectivity index (χ1v) is 7.05. The van der Waals surface area contributed by atoms with Crippen molar-refractivity contribution in [3.05, 3.63) is 35.1 Å². The van der Waals surface area contributed by atoms with Crippen LogP contribution in [0.5, 0.6) is 0 Å². The summed E-state index contributed by atoms with van der Waals surface area (Å²) < 4.78 is 5.95. The van der Waals surface area contributed by atoms with Crippen molar-refractivity contribution in [3.8, 4) is 0 Å². The molecule has 0 spiro atoms. The Morgan fingerprint density at radius 1 is 1.21 bits per heavy atom. The van der Waals surface area contributed by atoms with Gasteiger partial charge in [-0.05, 0) is 35.6 Å². The van der Waals surface area contributed by atoms with Crippen molar-refractivity contribution in [1.29, 1.82) is 0 Å². The fourth-order valence-corrected chi connectivity index (χ4v) is 2.20. The maximum Gasteiger partial charge on any atom is 0.134 e. The van der Waals surface area contributed by atoms with Crippen molar-refractivity contribution in [2.24, 2.45) is 0 Å². The average Bonchev–Trinajstić information content (AvgIpc) is 2.62. The minimum atomic E-state index is 0.175. The first-order chi connectivity index (χ1) is 8.79. The highest BCUT2D eigenvalue weighted by Crippen LogP contribution is 2.30. The highest BCUT2D eigenvalue weighted by molar-refractivity contribution is 5.83. The topological polar surface area (TPSA) is 25.2 Å². The lowest BCUT2D eigenvalue weighted by Crippen LogP contribution is -2.21. The summed E-state index contributed by atoms with van der Waals surface area (Å²) in [5, 5.41) is 4.66. The van der Waals surface area contributed by atoms with Crippen molar-refractivity contribution >= 4 is 11.0 Å². The molecule has 0 unspecified atom stereocenters. The average molecular weight is 259 g/mol. The molecule has 0 bridgehead atoms. The van der Waals surface area contributed by atoms with E-state index in [1.807, 2.05) is 0 Å². The van der Waals surface area contributed by atoms with Gasteiger partial charge in [0.15, 0.2) is 0 Å². The molecular weight excluding hydrogens is 234 g/mol. The van der Waals surface area contributed by atoms with Gasteiger partial charge < -0.3 is 9.73 Å². The van der Waals surface area contributed by atoms with Crippen LogP contribution in [0.2, 0.25) is 0 Å². The predicted molar refractivity (Wildman–Crippen MR) is 81.6 cm³/mol. The van der Waals surface area contributed by atoms with E-state index in [1.165, 1.54) is 16.5 Å². The molecule has 2 rings (SSSR count). The number of furan rings is 1. The largest absolute Gasteiger partial charge is 0.459 e. The lowest BCUT2D eigenvalue weighted by atomic mass is 9.86. The number of aryl methyl sites for hydroxylation is 1. The molecule has 2 heteroatoms. The van der Waals surface area contributed by atoms with E-state index in [-0.39, 0.29) is 5.41 Å². The van der Waals surface area contributed by atoms with Crippen LogP contribution in [0.25, 0.3) is 11.0 Å². The van der Waals surface area contributed by atoms with Gasteiger partial charge in [-0.15, -0.1) is 0 Å². The van der Waals surface area contributed by atoms with Crippen LogP contribution < -0.4 is 5.32 Å². The van der Waals surface area contributed by atoms with Gasteiger partial charge in [-0.25, -0.2) is 0 Å². The Labute approximate surface area is 116 Å². The fourth-order valence-electron chi connectivity index (χ4n) is 2.20. The van der Waals surface area contributed by atoms with Gasteiger partial charge in [0.05, 0.1) is 6.54 Å². The Morgan fingerprint density at radius 2 is 1.89 bits per heavy atom. The van der Waals surface area contributed by atoms with Crippen molar-refractivity contribution < 1.29 is 4.42 Å². The van der Waals surface area contributed by atoms with Crippen LogP contribution in [0.15, 0.2) is 22.6 Å². The highest BCUT2D eigenvalue weighted by atomic mass is 16.3. The summed E-state index contributed by atoms with van der Waals surface area (Å²) in [6.45, 7) is 14.0. The molecule has 2 aromatic rings. The van der Waals surface area contributed by atoms with Gasteiger partial charge in [-0.2, -0.15) is 0 Å². The van der Waals surface area contributed by atoms with Gasteiger partial charge >= 0.3 is 0 Å². The Bertz CT molecular complexity index is 573. The van der Waals surface area contributed by atoms with Crippen LogP contribution in [-0.4, -0.2) is 6.04 Å². The highest BCUT2D eigenvalue weighted by Gasteiger charge is 2.17. The van der Waals surface area contributed by atoms with Crippen LogP contribution in [-0.2, 0) is 12.0 Å². The number of benzene rings is 1. The second kappa shape index (κ2) is 5.01. The molecule has 0 aliphatic rings. The van der Waals surface area contributed by atoms with E-state index in [9.17, 15) is 0 Å². The summed E-state index contributed by atoms with van der Waals surface area (Å²) in [6.07, 6.45) is 0. The minimum absolute atomic E-state index is 0.175. The van der Waals surface area contributed by atoms with Crippen molar-refractivity contribution in [1.82, 2.24) is 5.32 Å². The Balaban J connectivity index is 2.41. The number of fused-ring (bicyclic) bond motifs is 1. The lowest BCUT2D eigenvalue weighted by molar-refractivity contribution is 0.485. The zero-order valence-electron chi connectivity index (χ0n) is 12.9. The predicted octanol–water partition coefficient (Wildman–Crippen LogP) is 4.54. The minimum Gasteiger partial charge on any atom is -0.459 e. The van der Waals surface area contributed by atoms with Gasteiger partial charge in [0, 0.05) is 11.4 Å². The summed E-state index contributed by atoms with van der Waals surface area (Å²) >= 11 is 0. The van der Waals surface area contributed by atoms with E-state index < -0.39 is 0 Å². The normalized spacial score (nSPS) is 12.6. The molecule has 1 N–H and O–H groups in total. The van der Waals surface area contributed by atoms with Crippen LogP contribution >= 0.6 is 0 Å². The molecular formula is C17H25NO. The van der Waals surface area contributed by atoms with Gasteiger partial charge in [0.25, 0.3) is 0 Å². The molecule has 0 saturated carbocycles. The van der Waals surface area contributed by atoms with Crippen LogP contribution in [0.4, 0.5) is 0 Å². The van der Waals surface area contributed by atoms with Crippen LogP contribution in [0.1, 0.15) is 51.5 Å². The molecule has 0 atom stereocenters. The summed E-state index contributed by atoms with van der Waals surface area (Å²) in [6, 6.07) is 7.01. The molecule has 2 nitrogen and oxygen atoms in total. The molecule has 1 aromatic carbocycles. The van der Waals surface area contributed by atoms with E-state index in [4.69, 9.17) is 4.42 Å². The molecule has 0 fully saturated rings. The maximum atomic E-state index is 5.95. The molecule has 19 heavy (non-hydrogen) atoms. The Morgan fingerprint density at radius 3 is 2.47 bits per heavy atom. The molecule has 1 heterocycles. The summed E-state index contributed by atoms with van der Waals surface area (Å²) in [5.74, 6) is 1.05. The van der Waals surface area contributed by atoms with E-state index in [1.54, 1.807) is 0 Å². The van der Waals surface area contributed by atoms with E-state index in [2.05, 4.69) is 65.1 Å². The molecule has 0 radical (unpaired) electrons. The number of nitrogens with one attached hydrogen (secondary N) is 1. The second-order valence-electron chi connectivity index (χ2n) is 6.65. The zero-order valence-corrected chi connectivity index (χ0v) is 12.9. The quantitative estimate of drug-likeness (QED) is 0.875. The van der Waals surface area contributed by atoms with Crippen molar-refractivity contribution in [2.75, 3.05) is 0 Å². The molecule has 0 amide bonds. The molecule has 0 aliphatic heterocycles. The first-order valence-electron chi connectivity index (χ1n) is 7.05. The SMILES string of the molecule is Cc1c(CNC(C)C)oc2ccc(C(C)(C)C)cc12. The second-order valence-corrected chi connectivity index (χ2v) is 6.65. The van der Waals surface area contributed by atoms with Crippen molar-refractivity contribution in [2.45, 2.75) is 59.5 Å². The summed E-state index contributed by atoms with van der Waals surface area (Å²) in [5.41, 5.74) is 3.78. The standard InChI is InChI=1S/C17H25NO/c1-11(2)18-10-16-12(3)14-9-13(17(4,5)6)7-8-15(14)19-16/h7-9,11,18H,10H2,1-6H3. The molecule has 0 saturated heterocycles. The van der Waals surface area contributed by atoms with Crippen molar-refractivity contribution in [3.63, 3.8) is 0 Å². The number of rotatable bonds is 3. The van der Waals surface area contributed by atoms with E-state index in [0.717, 1.165) is 17.9 Å². The van der Waals surface area contributed by atoms with E-state index in [0.29, 0.717) is 6.04 Å². The Kier molecular flexibility index (Phi) is 3.73. The van der Waals surface area contributed by atoms with Gasteiger partial charge in [-0.3, -0.25) is 0 Å². The van der Waals surface area contributed by atoms with Gasteiger partial charge in [0.2, 0.25) is 0 Å². The molecule has 1 aromatic heterocycles. The third kappa shape index (κ3) is 3.01. The Hall–Kier alpha value is -1.28. The third-order valence-corrected chi connectivity index (χ3v) is 3.57. The summed E-state index contributed by atoms with van der Waals surface area (Å²) in [7, 11) is 0. The first kappa shape index (κ1) is 14.1.